The van der Waals surface area contributed by atoms with Crippen molar-refractivity contribution in [3.63, 3.8) is 0 Å². The molecule has 2 aromatic heterocycles. The van der Waals surface area contributed by atoms with Gasteiger partial charge in [-0.15, -0.1) is 5.10 Å². The number of amides is 1. The van der Waals surface area contributed by atoms with Crippen LogP contribution in [0, 0.1) is 5.82 Å². The number of nitrogens with zero attached hydrogens (tertiary/aromatic N) is 5. The van der Waals surface area contributed by atoms with Crippen LogP contribution in [0.2, 0.25) is 0 Å². The average Bonchev–Trinajstić information content (AvgIpc) is 3.06. The zero-order valence-electron chi connectivity index (χ0n) is 15.0. The molecule has 0 aliphatic heterocycles. The Hall–Kier alpha value is -3.36. The van der Waals surface area contributed by atoms with Gasteiger partial charge in [-0.25, -0.2) is 19.0 Å². The topological polar surface area (TPSA) is 94.8 Å². The Labute approximate surface area is 155 Å². The van der Waals surface area contributed by atoms with Gasteiger partial charge in [0.2, 0.25) is 5.88 Å². The van der Waals surface area contributed by atoms with Crippen LogP contribution >= 0.6 is 0 Å². The summed E-state index contributed by atoms with van der Waals surface area (Å²) in [4.78, 5) is 20.0. The van der Waals surface area contributed by atoms with Gasteiger partial charge in [0.1, 0.15) is 29.5 Å². The summed E-state index contributed by atoms with van der Waals surface area (Å²) in [5.41, 5.74) is 2.26. The second kappa shape index (κ2) is 8.35. The summed E-state index contributed by atoms with van der Waals surface area (Å²) < 4.78 is 20.4. The zero-order valence-corrected chi connectivity index (χ0v) is 15.0. The van der Waals surface area contributed by atoms with E-state index >= 15 is 0 Å². The molecule has 0 bridgehead atoms. The lowest BCUT2D eigenvalue weighted by atomic mass is 10.1. The summed E-state index contributed by atoms with van der Waals surface area (Å²) in [6, 6.07) is 5.99. The predicted octanol–water partition coefficient (Wildman–Crippen LogP) is 2.13. The molecule has 0 aliphatic rings. The average molecular weight is 370 g/mol. The van der Waals surface area contributed by atoms with Crippen LogP contribution in [0.4, 0.5) is 4.39 Å². The molecule has 0 saturated carbocycles. The van der Waals surface area contributed by atoms with E-state index in [1.165, 1.54) is 24.5 Å². The second-order valence-corrected chi connectivity index (χ2v) is 5.80. The van der Waals surface area contributed by atoms with E-state index in [9.17, 15) is 9.18 Å². The van der Waals surface area contributed by atoms with Gasteiger partial charge in [0.05, 0.1) is 12.4 Å². The maximum atomic E-state index is 13.1. The summed E-state index contributed by atoms with van der Waals surface area (Å²) >= 11 is 0. The Morgan fingerprint density at radius 2 is 2.00 bits per heavy atom. The standard InChI is InChI=1S/C18H19FN6O2/c1-3-8-20-18(26)14-9-22-16(10-21-14)27-11-15-17(23-24-25(15)2)12-4-6-13(19)7-5-12/h4-7,9-10H,3,8,11H2,1-2H3,(H,20,26). The number of halogens is 1. The highest BCUT2D eigenvalue weighted by atomic mass is 19.1. The summed E-state index contributed by atoms with van der Waals surface area (Å²) in [5.74, 6) is -0.322. The van der Waals surface area contributed by atoms with Crippen molar-refractivity contribution in [2.45, 2.75) is 20.0 Å². The van der Waals surface area contributed by atoms with Gasteiger partial charge in [0, 0.05) is 19.2 Å². The molecule has 1 amide bonds. The molecule has 0 atom stereocenters. The van der Waals surface area contributed by atoms with Crippen molar-refractivity contribution in [2.75, 3.05) is 6.54 Å². The van der Waals surface area contributed by atoms with Crippen LogP contribution in [-0.4, -0.2) is 37.4 Å². The van der Waals surface area contributed by atoms with Crippen LogP contribution < -0.4 is 10.1 Å². The van der Waals surface area contributed by atoms with Crippen molar-refractivity contribution < 1.29 is 13.9 Å². The first-order valence-corrected chi connectivity index (χ1v) is 8.46. The quantitative estimate of drug-likeness (QED) is 0.685. The third kappa shape index (κ3) is 4.43. The number of carbonyl (C=O) groups excluding carboxylic acids is 1. The number of carbonyl (C=O) groups is 1. The van der Waals surface area contributed by atoms with E-state index in [0.29, 0.717) is 17.9 Å². The fourth-order valence-electron chi connectivity index (χ4n) is 2.35. The third-order valence-electron chi connectivity index (χ3n) is 3.81. The van der Waals surface area contributed by atoms with Gasteiger partial charge in [0.25, 0.3) is 5.91 Å². The number of hydrogen-bond acceptors (Lipinski definition) is 6. The molecular weight excluding hydrogens is 351 g/mol. The minimum atomic E-state index is -0.321. The lowest BCUT2D eigenvalue weighted by molar-refractivity contribution is 0.0948. The molecular formula is C18H19FN6O2. The molecule has 0 fully saturated rings. The molecule has 0 saturated heterocycles. The molecule has 27 heavy (non-hydrogen) atoms. The van der Waals surface area contributed by atoms with E-state index in [-0.39, 0.29) is 29.9 Å². The molecule has 3 aromatic rings. The van der Waals surface area contributed by atoms with Crippen LogP contribution in [-0.2, 0) is 13.7 Å². The molecule has 8 nitrogen and oxygen atoms in total. The van der Waals surface area contributed by atoms with E-state index in [1.807, 2.05) is 6.92 Å². The van der Waals surface area contributed by atoms with Crippen LogP contribution in [0.3, 0.4) is 0 Å². The van der Waals surface area contributed by atoms with Crippen molar-refractivity contribution in [1.82, 2.24) is 30.3 Å². The number of benzene rings is 1. The molecule has 9 heteroatoms. The van der Waals surface area contributed by atoms with Gasteiger partial charge >= 0.3 is 0 Å². The molecule has 0 spiro atoms. The fraction of sp³-hybridized carbons (Fsp3) is 0.278. The normalized spacial score (nSPS) is 10.6. The summed E-state index contributed by atoms with van der Waals surface area (Å²) in [5, 5.41) is 10.8. The van der Waals surface area contributed by atoms with Crippen LogP contribution in [0.1, 0.15) is 29.5 Å². The molecule has 0 unspecified atom stereocenters. The van der Waals surface area contributed by atoms with Crippen molar-refractivity contribution in [1.29, 1.82) is 0 Å². The summed E-state index contributed by atoms with van der Waals surface area (Å²) in [7, 11) is 1.74. The van der Waals surface area contributed by atoms with Gasteiger partial charge in [-0.1, -0.05) is 12.1 Å². The zero-order chi connectivity index (χ0) is 19.2. The van der Waals surface area contributed by atoms with Gasteiger partial charge in [-0.05, 0) is 30.7 Å². The first-order valence-electron chi connectivity index (χ1n) is 8.46. The number of aryl methyl sites for hydroxylation is 1. The minimum Gasteiger partial charge on any atom is -0.470 e. The highest BCUT2D eigenvalue weighted by Crippen LogP contribution is 2.22. The van der Waals surface area contributed by atoms with Crippen molar-refractivity contribution in [3.05, 3.63) is 53.9 Å². The first kappa shape index (κ1) is 18.4. The van der Waals surface area contributed by atoms with E-state index in [0.717, 1.165) is 12.0 Å². The number of hydrogen-bond donors (Lipinski definition) is 1. The van der Waals surface area contributed by atoms with Gasteiger partial charge in [0.15, 0.2) is 0 Å². The molecule has 1 N–H and O–H groups in total. The lowest BCUT2D eigenvalue weighted by Gasteiger charge is -2.08. The molecule has 0 aliphatic carbocycles. The monoisotopic (exact) mass is 370 g/mol. The van der Waals surface area contributed by atoms with Crippen LogP contribution in [0.15, 0.2) is 36.7 Å². The Balaban J connectivity index is 1.69. The number of rotatable bonds is 7. The molecule has 1 aromatic carbocycles. The van der Waals surface area contributed by atoms with Crippen molar-refractivity contribution in [2.24, 2.45) is 7.05 Å². The maximum absolute atomic E-state index is 13.1. The third-order valence-corrected chi connectivity index (χ3v) is 3.81. The van der Waals surface area contributed by atoms with E-state index in [1.54, 1.807) is 23.9 Å². The number of ether oxygens (including phenoxy) is 1. The van der Waals surface area contributed by atoms with Gasteiger partial charge in [-0.3, -0.25) is 4.79 Å². The Bertz CT molecular complexity index is 909. The Morgan fingerprint density at radius 3 is 2.67 bits per heavy atom. The van der Waals surface area contributed by atoms with E-state index in [4.69, 9.17) is 4.74 Å². The molecule has 3 rings (SSSR count). The van der Waals surface area contributed by atoms with Crippen molar-refractivity contribution in [3.8, 4) is 17.1 Å². The Kier molecular flexibility index (Phi) is 5.70. The fourth-order valence-corrected chi connectivity index (χ4v) is 2.35. The van der Waals surface area contributed by atoms with Gasteiger partial charge < -0.3 is 10.1 Å². The smallest absolute Gasteiger partial charge is 0.271 e. The van der Waals surface area contributed by atoms with E-state index < -0.39 is 0 Å². The molecule has 0 radical (unpaired) electrons. The summed E-state index contributed by atoms with van der Waals surface area (Å²) in [6.45, 7) is 2.70. The minimum absolute atomic E-state index is 0.145. The largest absolute Gasteiger partial charge is 0.470 e. The molecule has 2 heterocycles. The maximum Gasteiger partial charge on any atom is 0.271 e. The number of nitrogens with one attached hydrogen (secondary N) is 1. The second-order valence-electron chi connectivity index (χ2n) is 5.80. The highest BCUT2D eigenvalue weighted by Gasteiger charge is 2.14. The Morgan fingerprint density at radius 1 is 1.22 bits per heavy atom. The first-order chi connectivity index (χ1) is 13.1. The molecule has 140 valence electrons. The van der Waals surface area contributed by atoms with Crippen LogP contribution in [0.5, 0.6) is 5.88 Å². The lowest BCUT2D eigenvalue weighted by Crippen LogP contribution is -2.25. The van der Waals surface area contributed by atoms with Gasteiger partial charge in [-0.2, -0.15) is 0 Å². The van der Waals surface area contributed by atoms with Crippen LogP contribution in [0.25, 0.3) is 11.3 Å². The number of aromatic nitrogens is 5. The van der Waals surface area contributed by atoms with Crippen molar-refractivity contribution >= 4 is 5.91 Å². The van der Waals surface area contributed by atoms with E-state index in [2.05, 4.69) is 25.6 Å². The summed E-state index contributed by atoms with van der Waals surface area (Å²) in [6.07, 6.45) is 3.60. The SMILES string of the molecule is CCCNC(=O)c1cnc(OCc2c(-c3ccc(F)cc3)nnn2C)cn1. The highest BCUT2D eigenvalue weighted by molar-refractivity contribution is 5.91. The predicted molar refractivity (Wildman–Crippen MR) is 95.4 cm³/mol.